The van der Waals surface area contributed by atoms with E-state index < -0.39 is 0 Å². The number of anilines is 3. The SMILES string of the molecule is Clc1cc(Nc2cc(C3CC3)[nH]n2)nc(N2CCC[C@H]2c2cc(-c3nccs3)no2)n1. The Morgan fingerprint density at radius 1 is 1.16 bits per heavy atom. The zero-order valence-corrected chi connectivity index (χ0v) is 18.0. The van der Waals surface area contributed by atoms with E-state index in [2.05, 4.69) is 35.5 Å². The second-order valence-electron chi connectivity index (χ2n) is 7.79. The fourth-order valence-electron chi connectivity index (χ4n) is 3.93. The molecule has 9 nitrogen and oxygen atoms in total. The maximum atomic E-state index is 6.34. The molecule has 1 atom stereocenters. The predicted molar refractivity (Wildman–Crippen MR) is 118 cm³/mol. The highest BCUT2D eigenvalue weighted by Crippen LogP contribution is 2.40. The molecule has 2 N–H and O–H groups in total. The number of nitrogens with one attached hydrogen (secondary N) is 2. The van der Waals surface area contributed by atoms with Crippen LogP contribution in [0.15, 0.2) is 34.3 Å². The van der Waals surface area contributed by atoms with Crippen LogP contribution in [0, 0.1) is 0 Å². The first-order valence-corrected chi connectivity index (χ1v) is 11.5. The summed E-state index contributed by atoms with van der Waals surface area (Å²) < 4.78 is 5.67. The molecule has 31 heavy (non-hydrogen) atoms. The van der Waals surface area contributed by atoms with Gasteiger partial charge < -0.3 is 14.7 Å². The highest BCUT2D eigenvalue weighted by Gasteiger charge is 2.32. The number of aromatic amines is 1. The van der Waals surface area contributed by atoms with Crippen molar-refractivity contribution in [1.29, 1.82) is 0 Å². The number of thiazole rings is 1. The van der Waals surface area contributed by atoms with Gasteiger partial charge in [0.1, 0.15) is 21.7 Å². The van der Waals surface area contributed by atoms with E-state index in [0.717, 1.165) is 47.4 Å². The van der Waals surface area contributed by atoms with Crippen LogP contribution in [0.1, 0.15) is 49.1 Å². The third kappa shape index (κ3) is 3.77. The average Bonchev–Trinajstić information content (AvgIpc) is 3.27. The van der Waals surface area contributed by atoms with E-state index in [9.17, 15) is 0 Å². The topological polar surface area (TPSA) is 109 Å². The molecule has 0 bridgehead atoms. The summed E-state index contributed by atoms with van der Waals surface area (Å²) in [5, 5.41) is 18.0. The molecule has 1 saturated heterocycles. The molecule has 4 aromatic heterocycles. The monoisotopic (exact) mass is 454 g/mol. The summed E-state index contributed by atoms with van der Waals surface area (Å²) in [6.45, 7) is 0.811. The lowest BCUT2D eigenvalue weighted by Crippen LogP contribution is -2.24. The first-order chi connectivity index (χ1) is 15.2. The normalized spacial score (nSPS) is 18.6. The van der Waals surface area contributed by atoms with Crippen molar-refractivity contribution in [2.24, 2.45) is 0 Å². The Hall–Kier alpha value is -2.98. The fourth-order valence-corrected chi connectivity index (χ4v) is 4.70. The van der Waals surface area contributed by atoms with E-state index in [1.807, 2.05) is 17.5 Å². The maximum absolute atomic E-state index is 6.34. The van der Waals surface area contributed by atoms with Crippen LogP contribution in [0.3, 0.4) is 0 Å². The summed E-state index contributed by atoms with van der Waals surface area (Å²) in [6, 6.07) is 5.69. The second kappa shape index (κ2) is 7.61. The lowest BCUT2D eigenvalue weighted by Gasteiger charge is -2.23. The Kier molecular flexibility index (Phi) is 4.61. The molecule has 158 valence electrons. The second-order valence-corrected chi connectivity index (χ2v) is 9.07. The van der Waals surface area contributed by atoms with E-state index in [-0.39, 0.29) is 6.04 Å². The number of hydrogen-bond donors (Lipinski definition) is 2. The number of rotatable bonds is 6. The Morgan fingerprint density at radius 2 is 2.10 bits per heavy atom. The van der Waals surface area contributed by atoms with Gasteiger partial charge in [-0.15, -0.1) is 11.3 Å². The molecule has 2 aliphatic rings. The van der Waals surface area contributed by atoms with Crippen LogP contribution in [0.4, 0.5) is 17.6 Å². The van der Waals surface area contributed by atoms with Gasteiger partial charge in [-0.25, -0.2) is 9.97 Å². The molecular weight excluding hydrogens is 436 g/mol. The standard InChI is InChI=1S/C20H19ClN8OS/c21-16-10-17(24-18-9-12(26-27-18)11-3-4-11)25-20(23-16)29-6-1-2-14(29)15-8-13(28-30-15)19-22-5-7-31-19/h5,7-11,14H,1-4,6H2,(H2,23,24,25,26,27)/t14-/m0/s1. The van der Waals surface area contributed by atoms with Crippen molar-refractivity contribution >= 4 is 40.5 Å². The van der Waals surface area contributed by atoms with E-state index in [1.165, 1.54) is 24.2 Å². The highest BCUT2D eigenvalue weighted by atomic mass is 35.5. The molecule has 0 aromatic carbocycles. The first kappa shape index (κ1) is 18.8. The predicted octanol–water partition coefficient (Wildman–Crippen LogP) is 4.93. The van der Waals surface area contributed by atoms with E-state index in [1.54, 1.807) is 12.3 Å². The lowest BCUT2D eigenvalue weighted by atomic mass is 10.1. The summed E-state index contributed by atoms with van der Waals surface area (Å²) in [4.78, 5) is 15.6. The Balaban J connectivity index is 1.25. The Morgan fingerprint density at radius 3 is 2.94 bits per heavy atom. The summed E-state index contributed by atoms with van der Waals surface area (Å²) in [7, 11) is 0. The number of halogens is 1. The van der Waals surface area contributed by atoms with Crippen LogP contribution in [0.2, 0.25) is 5.15 Å². The molecule has 11 heteroatoms. The maximum Gasteiger partial charge on any atom is 0.229 e. The molecule has 1 aliphatic heterocycles. The van der Waals surface area contributed by atoms with E-state index in [4.69, 9.17) is 21.1 Å². The van der Waals surface area contributed by atoms with Gasteiger partial charge in [0.25, 0.3) is 0 Å². The van der Waals surface area contributed by atoms with Crippen molar-refractivity contribution in [2.75, 3.05) is 16.8 Å². The third-order valence-electron chi connectivity index (χ3n) is 5.57. The van der Waals surface area contributed by atoms with Crippen molar-refractivity contribution in [3.63, 3.8) is 0 Å². The van der Waals surface area contributed by atoms with E-state index in [0.29, 0.717) is 22.8 Å². The molecule has 1 aliphatic carbocycles. The Labute approximate surface area is 186 Å². The Bertz CT molecular complexity index is 1200. The summed E-state index contributed by atoms with van der Waals surface area (Å²) in [6.07, 6.45) is 6.12. The van der Waals surface area contributed by atoms with Crippen molar-refractivity contribution in [3.05, 3.63) is 46.4 Å². The molecule has 0 amide bonds. The minimum absolute atomic E-state index is 0.000572. The van der Waals surface area contributed by atoms with Gasteiger partial charge in [0.2, 0.25) is 5.95 Å². The van der Waals surface area contributed by atoms with Crippen LogP contribution in [-0.4, -0.2) is 36.9 Å². The molecule has 0 radical (unpaired) electrons. The van der Waals surface area contributed by atoms with Crippen molar-refractivity contribution in [1.82, 2.24) is 30.3 Å². The summed E-state index contributed by atoms with van der Waals surface area (Å²) in [5.41, 5.74) is 1.90. The number of aromatic nitrogens is 6. The number of hydrogen-bond acceptors (Lipinski definition) is 9. The van der Waals surface area contributed by atoms with Gasteiger partial charge in [-0.3, -0.25) is 5.10 Å². The third-order valence-corrected chi connectivity index (χ3v) is 6.56. The van der Waals surface area contributed by atoms with E-state index >= 15 is 0 Å². The smallest absolute Gasteiger partial charge is 0.229 e. The lowest BCUT2D eigenvalue weighted by molar-refractivity contribution is 0.362. The summed E-state index contributed by atoms with van der Waals surface area (Å²) >= 11 is 7.87. The zero-order chi connectivity index (χ0) is 20.8. The average molecular weight is 455 g/mol. The van der Waals surface area contributed by atoms with Gasteiger partial charge in [0, 0.05) is 47.9 Å². The highest BCUT2D eigenvalue weighted by molar-refractivity contribution is 7.13. The van der Waals surface area contributed by atoms with Gasteiger partial charge in [-0.05, 0) is 25.7 Å². The number of H-pyrrole nitrogens is 1. The van der Waals surface area contributed by atoms with Gasteiger partial charge in [-0.1, -0.05) is 16.8 Å². The van der Waals surface area contributed by atoms with Gasteiger partial charge in [0.05, 0.1) is 6.04 Å². The van der Waals surface area contributed by atoms with Gasteiger partial charge >= 0.3 is 0 Å². The largest absolute Gasteiger partial charge is 0.358 e. The molecule has 1 saturated carbocycles. The molecule has 4 aromatic rings. The van der Waals surface area contributed by atoms with Crippen molar-refractivity contribution in [2.45, 2.75) is 37.6 Å². The van der Waals surface area contributed by atoms with Gasteiger partial charge in [-0.2, -0.15) is 10.1 Å². The minimum atomic E-state index is -0.000572. The molecule has 5 heterocycles. The van der Waals surface area contributed by atoms with Crippen LogP contribution >= 0.6 is 22.9 Å². The van der Waals surface area contributed by atoms with Crippen LogP contribution in [-0.2, 0) is 0 Å². The molecular formula is C20H19ClN8OS. The molecule has 0 unspecified atom stereocenters. The molecule has 6 rings (SSSR count). The summed E-state index contributed by atoms with van der Waals surface area (Å²) in [5.74, 6) is 3.28. The minimum Gasteiger partial charge on any atom is -0.358 e. The first-order valence-electron chi connectivity index (χ1n) is 10.2. The van der Waals surface area contributed by atoms with Crippen molar-refractivity contribution in [3.8, 4) is 10.7 Å². The quantitative estimate of drug-likeness (QED) is 0.395. The zero-order valence-electron chi connectivity index (χ0n) is 16.5. The molecule has 2 fully saturated rings. The van der Waals surface area contributed by atoms with Gasteiger partial charge in [0.15, 0.2) is 11.6 Å². The molecule has 0 spiro atoms. The number of nitrogens with zero attached hydrogens (tertiary/aromatic N) is 6. The fraction of sp³-hybridized carbons (Fsp3) is 0.350. The van der Waals surface area contributed by atoms with Crippen LogP contribution < -0.4 is 10.2 Å². The van der Waals surface area contributed by atoms with Crippen LogP contribution in [0.25, 0.3) is 10.7 Å². The van der Waals surface area contributed by atoms with Crippen molar-refractivity contribution < 1.29 is 4.52 Å². The van der Waals surface area contributed by atoms with Crippen LogP contribution in [0.5, 0.6) is 0 Å².